The van der Waals surface area contributed by atoms with Crippen molar-refractivity contribution in [1.29, 1.82) is 0 Å². The van der Waals surface area contributed by atoms with Gasteiger partial charge in [0.1, 0.15) is 0 Å². The van der Waals surface area contributed by atoms with Crippen LogP contribution in [0.2, 0.25) is 0 Å². The van der Waals surface area contributed by atoms with E-state index in [1.807, 2.05) is 0 Å². The summed E-state index contributed by atoms with van der Waals surface area (Å²) in [5, 5.41) is 0. The molecule has 0 fully saturated rings. The normalized spacial score (nSPS) is 12.4. The minimum absolute atomic E-state index is 0.304. The van der Waals surface area contributed by atoms with E-state index in [-0.39, 0.29) is 0 Å². The molecule has 2 heteroatoms. The second-order valence-corrected chi connectivity index (χ2v) is 4.83. The number of rotatable bonds is 8. The van der Waals surface area contributed by atoms with Crippen LogP contribution in [0.5, 0.6) is 0 Å². The molecule has 0 aromatic carbocycles. The van der Waals surface area contributed by atoms with Crippen LogP contribution in [0, 0.1) is 11.3 Å². The Morgan fingerprint density at radius 1 is 1.21 bits per heavy atom. The van der Waals surface area contributed by atoms with E-state index in [4.69, 9.17) is 16.3 Å². The second-order valence-electron chi connectivity index (χ2n) is 4.56. The standard InChI is InChI=1S/C12H25ClO/c1-5-12(6-2,10-13)7-8-14-9-11(3)4/h11H,5-10H2,1-4H3. The van der Waals surface area contributed by atoms with Crippen LogP contribution in [-0.4, -0.2) is 19.1 Å². The molecule has 0 rings (SSSR count). The third kappa shape index (κ3) is 5.21. The molecule has 0 saturated carbocycles. The fraction of sp³-hybridized carbons (Fsp3) is 1.00. The molecule has 86 valence electrons. The zero-order valence-electron chi connectivity index (χ0n) is 10.1. The third-order valence-corrected chi connectivity index (χ3v) is 3.58. The van der Waals surface area contributed by atoms with Gasteiger partial charge in [-0.15, -0.1) is 11.6 Å². The van der Waals surface area contributed by atoms with Gasteiger partial charge in [0.05, 0.1) is 0 Å². The van der Waals surface area contributed by atoms with Gasteiger partial charge in [-0.3, -0.25) is 0 Å². The van der Waals surface area contributed by atoms with Crippen molar-refractivity contribution < 1.29 is 4.74 Å². The van der Waals surface area contributed by atoms with E-state index >= 15 is 0 Å². The maximum Gasteiger partial charge on any atom is 0.0488 e. The van der Waals surface area contributed by atoms with Crippen molar-refractivity contribution in [3.63, 3.8) is 0 Å². The van der Waals surface area contributed by atoms with E-state index in [0.29, 0.717) is 11.3 Å². The summed E-state index contributed by atoms with van der Waals surface area (Å²) in [4.78, 5) is 0. The van der Waals surface area contributed by atoms with Gasteiger partial charge >= 0.3 is 0 Å². The van der Waals surface area contributed by atoms with Crippen LogP contribution in [0.3, 0.4) is 0 Å². The average molecular weight is 221 g/mol. The first-order chi connectivity index (χ1) is 6.60. The van der Waals surface area contributed by atoms with E-state index in [9.17, 15) is 0 Å². The first-order valence-corrected chi connectivity index (χ1v) is 6.27. The van der Waals surface area contributed by atoms with E-state index in [1.54, 1.807) is 0 Å². The summed E-state index contributed by atoms with van der Waals surface area (Å²) in [6.45, 7) is 10.5. The highest BCUT2D eigenvalue weighted by molar-refractivity contribution is 6.18. The van der Waals surface area contributed by atoms with Crippen molar-refractivity contribution in [1.82, 2.24) is 0 Å². The van der Waals surface area contributed by atoms with E-state index in [0.717, 1.165) is 38.4 Å². The lowest BCUT2D eigenvalue weighted by molar-refractivity contribution is 0.0790. The highest BCUT2D eigenvalue weighted by Gasteiger charge is 2.24. The molecule has 0 aliphatic rings. The molecule has 0 heterocycles. The smallest absolute Gasteiger partial charge is 0.0488 e. The molecule has 0 spiro atoms. The first kappa shape index (κ1) is 14.2. The molecule has 1 nitrogen and oxygen atoms in total. The largest absolute Gasteiger partial charge is 0.381 e. The summed E-state index contributed by atoms with van der Waals surface area (Å²) in [6, 6.07) is 0. The predicted octanol–water partition coefficient (Wildman–Crippen LogP) is 4.09. The zero-order chi connectivity index (χ0) is 11.0. The predicted molar refractivity (Wildman–Crippen MR) is 64.0 cm³/mol. The Hall–Kier alpha value is 0.250. The zero-order valence-corrected chi connectivity index (χ0v) is 10.9. The lowest BCUT2D eigenvalue weighted by atomic mass is 9.81. The number of alkyl halides is 1. The topological polar surface area (TPSA) is 9.23 Å². The Bertz CT molecular complexity index is 122. The fourth-order valence-corrected chi connectivity index (χ4v) is 1.98. The van der Waals surface area contributed by atoms with Crippen molar-refractivity contribution in [3.8, 4) is 0 Å². The third-order valence-electron chi connectivity index (χ3n) is 3.01. The van der Waals surface area contributed by atoms with Crippen LogP contribution >= 0.6 is 11.6 Å². The molecule has 0 aromatic heterocycles. The summed E-state index contributed by atoms with van der Waals surface area (Å²) in [6.07, 6.45) is 3.40. The summed E-state index contributed by atoms with van der Waals surface area (Å²) in [5.41, 5.74) is 0.304. The number of hydrogen-bond acceptors (Lipinski definition) is 1. The highest BCUT2D eigenvalue weighted by Crippen LogP contribution is 2.31. The van der Waals surface area contributed by atoms with Crippen molar-refractivity contribution in [2.24, 2.45) is 11.3 Å². The summed E-state index contributed by atoms with van der Waals surface area (Å²) in [7, 11) is 0. The van der Waals surface area contributed by atoms with Crippen molar-refractivity contribution in [2.45, 2.75) is 47.0 Å². The molecule has 0 unspecified atom stereocenters. The van der Waals surface area contributed by atoms with Gasteiger partial charge in [0.15, 0.2) is 0 Å². The molecule has 0 saturated heterocycles. The molecule has 0 bridgehead atoms. The SMILES string of the molecule is CCC(CC)(CCl)CCOCC(C)C. The van der Waals surface area contributed by atoms with Gasteiger partial charge in [0.2, 0.25) is 0 Å². The summed E-state index contributed by atoms with van der Waals surface area (Å²) >= 11 is 6.01. The van der Waals surface area contributed by atoms with Gasteiger partial charge in [-0.1, -0.05) is 27.7 Å². The van der Waals surface area contributed by atoms with E-state index in [1.165, 1.54) is 0 Å². The summed E-state index contributed by atoms with van der Waals surface area (Å²) in [5.74, 6) is 1.38. The Balaban J connectivity index is 3.71. The minimum atomic E-state index is 0.304. The van der Waals surface area contributed by atoms with Crippen molar-refractivity contribution >= 4 is 11.6 Å². The molecule has 0 atom stereocenters. The van der Waals surface area contributed by atoms with Gasteiger partial charge in [0, 0.05) is 19.1 Å². The van der Waals surface area contributed by atoms with Gasteiger partial charge in [-0.25, -0.2) is 0 Å². The molecule has 0 aromatic rings. The maximum absolute atomic E-state index is 6.01. The maximum atomic E-state index is 6.01. The lowest BCUT2D eigenvalue weighted by Crippen LogP contribution is -2.23. The Kier molecular flexibility index (Phi) is 7.66. The van der Waals surface area contributed by atoms with Crippen molar-refractivity contribution in [3.05, 3.63) is 0 Å². The van der Waals surface area contributed by atoms with Gasteiger partial charge in [0.25, 0.3) is 0 Å². The van der Waals surface area contributed by atoms with Crippen LogP contribution in [0.1, 0.15) is 47.0 Å². The number of ether oxygens (including phenoxy) is 1. The molecular weight excluding hydrogens is 196 g/mol. The van der Waals surface area contributed by atoms with Crippen molar-refractivity contribution in [2.75, 3.05) is 19.1 Å². The van der Waals surface area contributed by atoms with Gasteiger partial charge < -0.3 is 4.74 Å². The Labute approximate surface area is 94.2 Å². The molecule has 0 radical (unpaired) electrons. The molecule has 0 aliphatic heterocycles. The van der Waals surface area contributed by atoms with Crippen LogP contribution in [0.15, 0.2) is 0 Å². The number of hydrogen-bond donors (Lipinski definition) is 0. The van der Waals surface area contributed by atoms with E-state index in [2.05, 4.69) is 27.7 Å². The van der Waals surface area contributed by atoms with Crippen LogP contribution in [0.4, 0.5) is 0 Å². The lowest BCUT2D eigenvalue weighted by Gasteiger charge is -2.29. The van der Waals surface area contributed by atoms with Crippen LogP contribution < -0.4 is 0 Å². The van der Waals surface area contributed by atoms with Gasteiger partial charge in [-0.05, 0) is 30.6 Å². The first-order valence-electron chi connectivity index (χ1n) is 5.74. The molecule has 0 N–H and O–H groups in total. The van der Waals surface area contributed by atoms with Gasteiger partial charge in [-0.2, -0.15) is 0 Å². The van der Waals surface area contributed by atoms with Crippen LogP contribution in [0.25, 0.3) is 0 Å². The second kappa shape index (κ2) is 7.53. The molecular formula is C12H25ClO. The quantitative estimate of drug-likeness (QED) is 0.442. The average Bonchev–Trinajstić information content (AvgIpc) is 2.19. The molecule has 14 heavy (non-hydrogen) atoms. The minimum Gasteiger partial charge on any atom is -0.381 e. The molecule has 0 aliphatic carbocycles. The van der Waals surface area contributed by atoms with E-state index < -0.39 is 0 Å². The number of halogens is 1. The fourth-order valence-electron chi connectivity index (χ4n) is 1.47. The summed E-state index contributed by atoms with van der Waals surface area (Å²) < 4.78 is 5.60. The molecule has 0 amide bonds. The van der Waals surface area contributed by atoms with Crippen LogP contribution in [-0.2, 0) is 4.74 Å². The highest BCUT2D eigenvalue weighted by atomic mass is 35.5. The Morgan fingerprint density at radius 3 is 2.14 bits per heavy atom. The monoisotopic (exact) mass is 220 g/mol. The Morgan fingerprint density at radius 2 is 1.79 bits per heavy atom.